The van der Waals surface area contributed by atoms with Crippen LogP contribution in [0.15, 0.2) is 16.1 Å². The van der Waals surface area contributed by atoms with Gasteiger partial charge in [-0.25, -0.2) is 0 Å². The van der Waals surface area contributed by atoms with Crippen LogP contribution in [0.3, 0.4) is 0 Å². The van der Waals surface area contributed by atoms with Gasteiger partial charge in [-0.15, -0.1) is 11.8 Å². The quantitative estimate of drug-likeness (QED) is 0.553. The summed E-state index contributed by atoms with van der Waals surface area (Å²) in [5, 5.41) is 2.03. The van der Waals surface area contributed by atoms with Gasteiger partial charge in [-0.3, -0.25) is 4.99 Å². The zero-order chi connectivity index (χ0) is 7.28. The summed E-state index contributed by atoms with van der Waals surface area (Å²) in [5.41, 5.74) is 1.07. The van der Waals surface area contributed by atoms with Crippen molar-refractivity contribution in [3.8, 4) is 0 Å². The maximum atomic E-state index is 3.87. The number of thioether (sulfide) groups is 1. The molecule has 0 aromatic heterocycles. The lowest BCUT2D eigenvalue weighted by Crippen LogP contribution is -1.88. The van der Waals surface area contributed by atoms with Crippen molar-refractivity contribution < 1.29 is 0 Å². The lowest BCUT2D eigenvalue weighted by atomic mass is 10.2. The Morgan fingerprint density at radius 2 is 2.22 bits per heavy atom. The second-order valence-electron chi connectivity index (χ2n) is 2.09. The first-order chi connectivity index (χ1) is 4.22. The Kier molecular flexibility index (Phi) is 4.50. The fourth-order valence-electron chi connectivity index (χ4n) is 0.477. The fourth-order valence-corrected chi connectivity index (χ4v) is 1.06. The number of aliphatic imine (C=N–C) groups is 1. The highest BCUT2D eigenvalue weighted by Gasteiger charge is 1.96. The third-order valence-electron chi connectivity index (χ3n) is 1.01. The van der Waals surface area contributed by atoms with E-state index in [1.807, 2.05) is 11.7 Å². The number of hydrogen-bond donors (Lipinski definition) is 0. The summed E-state index contributed by atoms with van der Waals surface area (Å²) in [6.45, 7) is 7.68. The van der Waals surface area contributed by atoms with Gasteiger partial charge in [0.25, 0.3) is 0 Å². The largest absolute Gasteiger partial charge is 0.268 e. The minimum absolute atomic E-state index is 0.495. The number of rotatable bonds is 3. The normalized spacial score (nSPS) is 12.2. The molecule has 0 N–H and O–H groups in total. The van der Waals surface area contributed by atoms with Crippen LogP contribution in [0.2, 0.25) is 0 Å². The summed E-state index contributed by atoms with van der Waals surface area (Å²) in [4.78, 5) is 3.87. The standard InChI is InChI=1S/C7H13NS/c1-6(2)7(8-3)5-9-4/h5-6H,3H2,1-2,4H3/b7-5-. The van der Waals surface area contributed by atoms with E-state index >= 15 is 0 Å². The van der Waals surface area contributed by atoms with Gasteiger partial charge < -0.3 is 0 Å². The van der Waals surface area contributed by atoms with Gasteiger partial charge in [0.05, 0.1) is 0 Å². The van der Waals surface area contributed by atoms with E-state index in [1.165, 1.54) is 0 Å². The van der Waals surface area contributed by atoms with Crippen molar-refractivity contribution >= 4 is 18.5 Å². The molecule has 0 rings (SSSR count). The van der Waals surface area contributed by atoms with E-state index < -0.39 is 0 Å². The van der Waals surface area contributed by atoms with Crippen LogP contribution < -0.4 is 0 Å². The average molecular weight is 143 g/mol. The Morgan fingerprint density at radius 3 is 2.33 bits per heavy atom. The van der Waals surface area contributed by atoms with Crippen LogP contribution in [0.1, 0.15) is 13.8 Å². The first kappa shape index (κ1) is 8.76. The predicted molar refractivity (Wildman–Crippen MR) is 46.0 cm³/mol. The van der Waals surface area contributed by atoms with Crippen LogP contribution in [-0.4, -0.2) is 13.0 Å². The summed E-state index contributed by atoms with van der Waals surface area (Å²) >= 11 is 1.67. The maximum absolute atomic E-state index is 3.87. The molecule has 0 atom stereocenters. The molecule has 0 bridgehead atoms. The van der Waals surface area contributed by atoms with Gasteiger partial charge in [0.15, 0.2) is 0 Å². The van der Waals surface area contributed by atoms with Crippen molar-refractivity contribution in [2.24, 2.45) is 10.9 Å². The Morgan fingerprint density at radius 1 is 1.67 bits per heavy atom. The van der Waals surface area contributed by atoms with Gasteiger partial charge in [-0.2, -0.15) is 0 Å². The Labute approximate surface area is 61.3 Å². The highest BCUT2D eigenvalue weighted by atomic mass is 32.2. The van der Waals surface area contributed by atoms with Gasteiger partial charge in [0, 0.05) is 5.70 Å². The van der Waals surface area contributed by atoms with E-state index in [4.69, 9.17) is 0 Å². The first-order valence-electron chi connectivity index (χ1n) is 2.92. The molecule has 0 heterocycles. The Balaban J connectivity index is 3.97. The minimum atomic E-state index is 0.495. The van der Waals surface area contributed by atoms with Gasteiger partial charge in [0.1, 0.15) is 0 Å². The second-order valence-corrected chi connectivity index (χ2v) is 2.80. The molecule has 0 aliphatic rings. The molecule has 0 radical (unpaired) electrons. The lowest BCUT2D eigenvalue weighted by Gasteiger charge is -2.02. The van der Waals surface area contributed by atoms with E-state index in [2.05, 4.69) is 25.6 Å². The first-order valence-corrected chi connectivity index (χ1v) is 4.20. The summed E-state index contributed by atoms with van der Waals surface area (Å²) in [6.07, 6.45) is 2.02. The molecule has 0 spiro atoms. The molecule has 0 saturated heterocycles. The summed E-state index contributed by atoms with van der Waals surface area (Å²) in [6, 6.07) is 0. The van der Waals surface area contributed by atoms with Crippen LogP contribution in [0, 0.1) is 5.92 Å². The molecule has 52 valence electrons. The smallest absolute Gasteiger partial charge is 0.0484 e. The Hall–Kier alpha value is -0.240. The van der Waals surface area contributed by atoms with Crippen molar-refractivity contribution in [1.29, 1.82) is 0 Å². The van der Waals surface area contributed by atoms with Crippen LogP contribution in [-0.2, 0) is 0 Å². The minimum Gasteiger partial charge on any atom is -0.268 e. The predicted octanol–water partition coefficient (Wildman–Crippen LogP) is 2.55. The molecular weight excluding hydrogens is 130 g/mol. The molecule has 0 aromatic carbocycles. The third-order valence-corrected chi connectivity index (χ3v) is 1.49. The zero-order valence-electron chi connectivity index (χ0n) is 6.22. The average Bonchev–Trinajstić information content (AvgIpc) is 1.82. The van der Waals surface area contributed by atoms with Crippen LogP contribution >= 0.6 is 11.8 Å². The molecule has 0 unspecified atom stereocenters. The third kappa shape index (κ3) is 3.36. The number of hydrogen-bond acceptors (Lipinski definition) is 2. The van der Waals surface area contributed by atoms with Crippen LogP contribution in [0.25, 0.3) is 0 Å². The molecular formula is C7H13NS. The van der Waals surface area contributed by atoms with Crippen molar-refractivity contribution in [2.75, 3.05) is 6.26 Å². The van der Waals surface area contributed by atoms with Gasteiger partial charge in [0.2, 0.25) is 0 Å². The van der Waals surface area contributed by atoms with Gasteiger partial charge >= 0.3 is 0 Å². The van der Waals surface area contributed by atoms with E-state index in [1.54, 1.807) is 11.8 Å². The molecule has 0 saturated carbocycles. The van der Waals surface area contributed by atoms with Crippen molar-refractivity contribution in [2.45, 2.75) is 13.8 Å². The van der Waals surface area contributed by atoms with Gasteiger partial charge in [-0.1, -0.05) is 13.8 Å². The highest BCUT2D eigenvalue weighted by molar-refractivity contribution is 8.01. The van der Waals surface area contributed by atoms with Gasteiger partial charge in [-0.05, 0) is 24.3 Å². The fraction of sp³-hybridized carbons (Fsp3) is 0.571. The Bertz CT molecular complexity index is 116. The SMILES string of the molecule is C=N/C(=C\SC)C(C)C. The second kappa shape index (κ2) is 4.62. The number of nitrogens with zero attached hydrogens (tertiary/aromatic N) is 1. The molecule has 0 amide bonds. The topological polar surface area (TPSA) is 12.4 Å². The summed E-state index contributed by atoms with van der Waals surface area (Å²) < 4.78 is 0. The molecule has 0 fully saturated rings. The molecule has 0 aliphatic heterocycles. The van der Waals surface area contributed by atoms with E-state index in [9.17, 15) is 0 Å². The van der Waals surface area contributed by atoms with Crippen molar-refractivity contribution in [1.82, 2.24) is 0 Å². The van der Waals surface area contributed by atoms with Crippen molar-refractivity contribution in [3.63, 3.8) is 0 Å². The zero-order valence-corrected chi connectivity index (χ0v) is 7.03. The molecule has 9 heavy (non-hydrogen) atoms. The van der Waals surface area contributed by atoms with Crippen molar-refractivity contribution in [3.05, 3.63) is 11.1 Å². The maximum Gasteiger partial charge on any atom is 0.0484 e. The summed E-state index contributed by atoms with van der Waals surface area (Å²) in [5.74, 6) is 0.495. The van der Waals surface area contributed by atoms with Crippen LogP contribution in [0.4, 0.5) is 0 Å². The van der Waals surface area contributed by atoms with E-state index in [0.29, 0.717) is 5.92 Å². The molecule has 2 heteroatoms. The molecule has 0 aromatic rings. The molecule has 0 aliphatic carbocycles. The lowest BCUT2D eigenvalue weighted by molar-refractivity contribution is 0.763. The summed E-state index contributed by atoms with van der Waals surface area (Å²) in [7, 11) is 0. The van der Waals surface area contributed by atoms with E-state index in [0.717, 1.165) is 5.70 Å². The molecule has 1 nitrogen and oxygen atoms in total. The van der Waals surface area contributed by atoms with E-state index in [-0.39, 0.29) is 0 Å². The highest BCUT2D eigenvalue weighted by Crippen LogP contribution is 2.13. The number of allylic oxidation sites excluding steroid dienone is 1. The monoisotopic (exact) mass is 143 g/mol. The van der Waals surface area contributed by atoms with Crippen LogP contribution in [0.5, 0.6) is 0 Å².